The van der Waals surface area contributed by atoms with Gasteiger partial charge in [0, 0.05) is 50.8 Å². The van der Waals surface area contributed by atoms with Crippen LogP contribution in [0.3, 0.4) is 0 Å². The van der Waals surface area contributed by atoms with Crippen molar-refractivity contribution in [3.05, 3.63) is 72.7 Å². The van der Waals surface area contributed by atoms with Crippen molar-refractivity contribution >= 4 is 28.6 Å². The molecule has 1 aliphatic heterocycles. The van der Waals surface area contributed by atoms with Gasteiger partial charge in [0.05, 0.1) is 35.1 Å². The molecule has 11 nitrogen and oxygen atoms in total. The van der Waals surface area contributed by atoms with E-state index < -0.39 is 0 Å². The SMILES string of the molecule is Cn1ccc(-c2cn(-c3cncc(CNC(=O)Cc4cccc(N5CCC5)n4)c3)c3ncnc(N)c23)n1. The molecule has 1 aliphatic rings. The van der Waals surface area contributed by atoms with Crippen molar-refractivity contribution in [2.45, 2.75) is 19.4 Å². The average molecular weight is 495 g/mol. The number of anilines is 2. The number of nitrogens with two attached hydrogens (primary N) is 1. The van der Waals surface area contributed by atoms with Crippen molar-refractivity contribution in [2.24, 2.45) is 7.05 Å². The van der Waals surface area contributed by atoms with Crippen LogP contribution in [0.5, 0.6) is 0 Å². The number of fused-ring (bicyclic) bond motifs is 1. The van der Waals surface area contributed by atoms with Crippen LogP contribution in [0.15, 0.2) is 61.4 Å². The fourth-order valence-electron chi connectivity index (χ4n) is 4.45. The minimum absolute atomic E-state index is 0.0944. The maximum Gasteiger partial charge on any atom is 0.226 e. The minimum atomic E-state index is -0.0944. The Bertz CT molecular complexity index is 1600. The van der Waals surface area contributed by atoms with E-state index in [0.29, 0.717) is 18.0 Å². The second-order valence-electron chi connectivity index (χ2n) is 9.08. The van der Waals surface area contributed by atoms with Gasteiger partial charge < -0.3 is 16.0 Å². The van der Waals surface area contributed by atoms with Crippen LogP contribution in [-0.2, 0) is 24.8 Å². The van der Waals surface area contributed by atoms with Crippen LogP contribution in [-0.4, -0.2) is 53.3 Å². The van der Waals surface area contributed by atoms with Gasteiger partial charge in [0.1, 0.15) is 18.0 Å². The first-order valence-corrected chi connectivity index (χ1v) is 12.1. The first-order valence-electron chi connectivity index (χ1n) is 12.1. The molecular formula is C26H26N10O. The van der Waals surface area contributed by atoms with Crippen LogP contribution in [0.2, 0.25) is 0 Å². The lowest BCUT2D eigenvalue weighted by molar-refractivity contribution is -0.120. The maximum absolute atomic E-state index is 12.6. The average Bonchev–Trinajstić information content (AvgIpc) is 3.47. The number of aryl methyl sites for hydroxylation is 1. The van der Waals surface area contributed by atoms with Crippen molar-refractivity contribution in [2.75, 3.05) is 23.7 Å². The quantitative estimate of drug-likeness (QED) is 0.352. The van der Waals surface area contributed by atoms with Gasteiger partial charge in [-0.15, -0.1) is 0 Å². The molecule has 0 aliphatic carbocycles. The standard InChI is InChI=1S/C26H26N10O/c1-34-9-6-21(33-34)20-15-36(26-24(20)25(27)30-16-31-26)19-10-17(12-28-14-19)13-29-23(37)11-18-4-2-5-22(32-18)35-7-3-8-35/h2,4-6,9-10,12,14-16H,3,7-8,11,13H2,1H3,(H,29,37)(H2,27,30,31). The maximum atomic E-state index is 12.6. The number of carbonyl (C=O) groups excluding carboxylic acids is 1. The van der Waals surface area contributed by atoms with Gasteiger partial charge >= 0.3 is 0 Å². The first-order chi connectivity index (χ1) is 18.0. The molecule has 3 N–H and O–H groups in total. The van der Waals surface area contributed by atoms with E-state index in [1.165, 1.54) is 12.7 Å². The molecule has 186 valence electrons. The Labute approximate surface area is 213 Å². The number of nitrogens with zero attached hydrogens (tertiary/aromatic N) is 8. The van der Waals surface area contributed by atoms with E-state index >= 15 is 0 Å². The highest BCUT2D eigenvalue weighted by molar-refractivity contribution is 6.00. The molecular weight excluding hydrogens is 468 g/mol. The van der Waals surface area contributed by atoms with Gasteiger partial charge in [-0.05, 0) is 36.2 Å². The van der Waals surface area contributed by atoms with Crippen molar-refractivity contribution in [1.29, 1.82) is 0 Å². The topological polar surface area (TPSA) is 133 Å². The number of hydrogen-bond acceptors (Lipinski definition) is 8. The number of carbonyl (C=O) groups is 1. The minimum Gasteiger partial charge on any atom is -0.383 e. The van der Waals surface area contributed by atoms with Gasteiger partial charge in [0.25, 0.3) is 0 Å². The molecule has 0 atom stereocenters. The van der Waals surface area contributed by atoms with Crippen molar-refractivity contribution in [3.63, 3.8) is 0 Å². The van der Waals surface area contributed by atoms with E-state index in [-0.39, 0.29) is 12.3 Å². The zero-order valence-corrected chi connectivity index (χ0v) is 20.4. The molecule has 5 aromatic heterocycles. The van der Waals surface area contributed by atoms with Crippen molar-refractivity contribution < 1.29 is 4.79 Å². The summed E-state index contributed by atoms with van der Waals surface area (Å²) in [6.07, 6.45) is 10.1. The first kappa shape index (κ1) is 22.7. The fourth-order valence-corrected chi connectivity index (χ4v) is 4.45. The Morgan fingerprint density at radius 2 is 2.05 bits per heavy atom. The van der Waals surface area contributed by atoms with E-state index in [0.717, 1.165) is 52.5 Å². The van der Waals surface area contributed by atoms with Gasteiger partial charge in [-0.25, -0.2) is 15.0 Å². The number of rotatable bonds is 7. The van der Waals surface area contributed by atoms with Gasteiger partial charge in [-0.1, -0.05) is 6.07 Å². The smallest absolute Gasteiger partial charge is 0.226 e. The van der Waals surface area contributed by atoms with Crippen molar-refractivity contribution in [1.82, 2.24) is 39.6 Å². The molecule has 5 aromatic rings. The summed E-state index contributed by atoms with van der Waals surface area (Å²) in [6, 6.07) is 9.71. The van der Waals surface area contributed by atoms with Gasteiger partial charge in [-0.3, -0.25) is 19.0 Å². The molecule has 1 saturated heterocycles. The summed E-state index contributed by atoms with van der Waals surface area (Å²) in [5.41, 5.74) is 10.9. The van der Waals surface area contributed by atoms with Crippen LogP contribution in [0.1, 0.15) is 17.7 Å². The van der Waals surface area contributed by atoms with Gasteiger partial charge in [0.2, 0.25) is 5.91 Å². The molecule has 1 amide bonds. The third-order valence-corrected chi connectivity index (χ3v) is 6.46. The molecule has 11 heteroatoms. The van der Waals surface area contributed by atoms with E-state index in [9.17, 15) is 4.79 Å². The third-order valence-electron chi connectivity index (χ3n) is 6.46. The molecule has 6 rings (SSSR count). The zero-order valence-electron chi connectivity index (χ0n) is 20.4. The zero-order chi connectivity index (χ0) is 25.4. The van der Waals surface area contributed by atoms with E-state index in [1.54, 1.807) is 17.1 Å². The summed E-state index contributed by atoms with van der Waals surface area (Å²) in [5.74, 6) is 1.22. The second kappa shape index (κ2) is 9.34. The number of aromatic nitrogens is 7. The predicted molar refractivity (Wildman–Crippen MR) is 140 cm³/mol. The summed E-state index contributed by atoms with van der Waals surface area (Å²) >= 11 is 0. The summed E-state index contributed by atoms with van der Waals surface area (Å²) in [6.45, 7) is 2.38. The molecule has 6 heterocycles. The Balaban J connectivity index is 1.21. The molecule has 1 fully saturated rings. The number of hydrogen-bond donors (Lipinski definition) is 2. The Morgan fingerprint density at radius 1 is 1.16 bits per heavy atom. The molecule has 0 saturated carbocycles. The molecule has 37 heavy (non-hydrogen) atoms. The molecule has 0 unspecified atom stereocenters. The lowest BCUT2D eigenvalue weighted by Crippen LogP contribution is -2.37. The fraction of sp³-hybridized carbons (Fsp3) is 0.231. The highest BCUT2D eigenvalue weighted by Crippen LogP contribution is 2.33. The normalized spacial score (nSPS) is 13.1. The van der Waals surface area contributed by atoms with E-state index in [1.807, 2.05) is 54.3 Å². The highest BCUT2D eigenvalue weighted by Gasteiger charge is 2.19. The van der Waals surface area contributed by atoms with Gasteiger partial charge in [-0.2, -0.15) is 5.10 Å². The van der Waals surface area contributed by atoms with E-state index in [4.69, 9.17) is 5.73 Å². The van der Waals surface area contributed by atoms with Crippen LogP contribution in [0, 0.1) is 0 Å². The predicted octanol–water partition coefficient (Wildman–Crippen LogP) is 2.26. The Kier molecular flexibility index (Phi) is 5.72. The molecule has 0 aromatic carbocycles. The largest absolute Gasteiger partial charge is 0.383 e. The molecule has 0 radical (unpaired) electrons. The summed E-state index contributed by atoms with van der Waals surface area (Å²) < 4.78 is 3.65. The Morgan fingerprint density at radius 3 is 2.84 bits per heavy atom. The summed E-state index contributed by atoms with van der Waals surface area (Å²) in [4.78, 5) is 32.5. The van der Waals surface area contributed by atoms with Crippen LogP contribution >= 0.6 is 0 Å². The monoisotopic (exact) mass is 494 g/mol. The van der Waals surface area contributed by atoms with Crippen LogP contribution < -0.4 is 16.0 Å². The number of amides is 1. The lowest BCUT2D eigenvalue weighted by atomic mass is 10.2. The molecule has 0 bridgehead atoms. The van der Waals surface area contributed by atoms with Crippen molar-refractivity contribution in [3.8, 4) is 16.9 Å². The lowest BCUT2D eigenvalue weighted by Gasteiger charge is -2.32. The molecule has 0 spiro atoms. The van der Waals surface area contributed by atoms with Crippen LogP contribution in [0.4, 0.5) is 11.6 Å². The third kappa shape index (κ3) is 4.46. The number of pyridine rings is 2. The van der Waals surface area contributed by atoms with Crippen LogP contribution in [0.25, 0.3) is 28.0 Å². The van der Waals surface area contributed by atoms with Gasteiger partial charge in [0.15, 0.2) is 5.65 Å². The number of nitrogens with one attached hydrogen (secondary N) is 1. The Hall–Kier alpha value is -4.80. The second-order valence-corrected chi connectivity index (χ2v) is 9.08. The number of nitrogen functional groups attached to an aromatic ring is 1. The summed E-state index contributed by atoms with van der Waals surface area (Å²) in [5, 5.41) is 8.24. The highest BCUT2D eigenvalue weighted by atomic mass is 16.1. The summed E-state index contributed by atoms with van der Waals surface area (Å²) in [7, 11) is 1.86. The van der Waals surface area contributed by atoms with E-state index in [2.05, 4.69) is 35.3 Å².